The summed E-state index contributed by atoms with van der Waals surface area (Å²) < 4.78 is 23.0. The smallest absolute Gasteiger partial charge is 0.306 e. The minimum Gasteiger partial charge on any atom is -0.495 e. The highest BCUT2D eigenvalue weighted by atomic mass is 35.5. The first kappa shape index (κ1) is 19.7. The van der Waals surface area contributed by atoms with Gasteiger partial charge in [-0.15, -0.1) is 0 Å². The average molecular weight is 380 g/mol. The second-order valence-corrected chi connectivity index (χ2v) is 6.00. The number of rotatable bonds is 7. The maximum Gasteiger partial charge on any atom is 0.306 e. The lowest BCUT2D eigenvalue weighted by atomic mass is 10.1. The molecule has 2 aromatic rings. The molecule has 0 aliphatic rings. The van der Waals surface area contributed by atoms with Crippen LogP contribution in [0.3, 0.4) is 0 Å². The Labute approximate surface area is 156 Å². The topological polar surface area (TPSA) is 64.6 Å². The fraction of sp³-hybridized carbons (Fsp3) is 0.263. The molecule has 2 rings (SSSR count). The van der Waals surface area contributed by atoms with E-state index in [2.05, 4.69) is 5.32 Å². The molecule has 0 aromatic heterocycles. The average Bonchev–Trinajstić information content (AvgIpc) is 2.61. The molecular weight excluding hydrogens is 361 g/mol. The van der Waals surface area contributed by atoms with E-state index in [1.807, 2.05) is 0 Å². The number of carbonyl (C=O) groups is 2. The molecule has 0 aliphatic heterocycles. The van der Waals surface area contributed by atoms with Crippen molar-refractivity contribution in [3.05, 3.63) is 58.9 Å². The molecule has 1 N–H and O–H groups in total. The molecule has 0 saturated carbocycles. The fourth-order valence-corrected chi connectivity index (χ4v) is 2.45. The number of hydrogen-bond acceptors (Lipinski definition) is 4. The normalized spacial score (nSPS) is 11.5. The molecule has 5 nitrogen and oxygen atoms in total. The van der Waals surface area contributed by atoms with Gasteiger partial charge >= 0.3 is 5.97 Å². The van der Waals surface area contributed by atoms with E-state index in [9.17, 15) is 14.0 Å². The first-order valence-corrected chi connectivity index (χ1v) is 8.35. The fourth-order valence-electron chi connectivity index (χ4n) is 2.20. The molecule has 0 bridgehead atoms. The Bertz CT molecular complexity index is 780. The van der Waals surface area contributed by atoms with Crippen LogP contribution in [0.15, 0.2) is 42.5 Å². The van der Waals surface area contributed by atoms with E-state index in [-0.39, 0.29) is 12.2 Å². The van der Waals surface area contributed by atoms with Gasteiger partial charge < -0.3 is 14.8 Å². The largest absolute Gasteiger partial charge is 0.495 e. The molecule has 138 valence electrons. The molecule has 26 heavy (non-hydrogen) atoms. The van der Waals surface area contributed by atoms with Crippen LogP contribution in [0.25, 0.3) is 0 Å². The van der Waals surface area contributed by atoms with Crippen LogP contribution in [0.4, 0.5) is 10.1 Å². The van der Waals surface area contributed by atoms with Crippen molar-refractivity contribution >= 4 is 29.2 Å². The third kappa shape index (κ3) is 5.74. The number of amides is 1. The summed E-state index contributed by atoms with van der Waals surface area (Å²) >= 11 is 6.00. The third-order valence-electron chi connectivity index (χ3n) is 3.63. The monoisotopic (exact) mass is 379 g/mol. The van der Waals surface area contributed by atoms with Gasteiger partial charge in [0.1, 0.15) is 11.6 Å². The van der Waals surface area contributed by atoms with Gasteiger partial charge in [-0.25, -0.2) is 4.39 Å². The van der Waals surface area contributed by atoms with Crippen molar-refractivity contribution in [1.29, 1.82) is 0 Å². The van der Waals surface area contributed by atoms with Crippen LogP contribution in [0.2, 0.25) is 5.02 Å². The number of aryl methyl sites for hydroxylation is 1. The van der Waals surface area contributed by atoms with Crippen LogP contribution in [0.5, 0.6) is 5.75 Å². The summed E-state index contributed by atoms with van der Waals surface area (Å²) in [7, 11) is 1.49. The highest BCUT2D eigenvalue weighted by Crippen LogP contribution is 2.27. The molecule has 0 aliphatic carbocycles. The minimum atomic E-state index is -0.961. The molecule has 7 heteroatoms. The summed E-state index contributed by atoms with van der Waals surface area (Å²) in [6.07, 6.45) is -0.462. The second-order valence-electron chi connectivity index (χ2n) is 5.60. The number of nitrogens with one attached hydrogen (secondary N) is 1. The van der Waals surface area contributed by atoms with Gasteiger partial charge in [0.15, 0.2) is 6.10 Å². The molecule has 0 heterocycles. The summed E-state index contributed by atoms with van der Waals surface area (Å²) in [6, 6.07) is 10.7. The maximum atomic E-state index is 12.8. The van der Waals surface area contributed by atoms with Crippen molar-refractivity contribution in [3.8, 4) is 5.75 Å². The molecule has 0 radical (unpaired) electrons. The van der Waals surface area contributed by atoms with Crippen molar-refractivity contribution < 1.29 is 23.5 Å². The van der Waals surface area contributed by atoms with Gasteiger partial charge in [-0.1, -0.05) is 23.7 Å². The lowest BCUT2D eigenvalue weighted by Crippen LogP contribution is -2.30. The van der Waals surface area contributed by atoms with E-state index in [0.717, 1.165) is 5.56 Å². The number of benzene rings is 2. The van der Waals surface area contributed by atoms with Crippen LogP contribution in [0, 0.1) is 5.82 Å². The molecule has 1 amide bonds. The van der Waals surface area contributed by atoms with Crippen LogP contribution < -0.4 is 10.1 Å². The molecule has 0 unspecified atom stereocenters. The van der Waals surface area contributed by atoms with Crippen molar-refractivity contribution in [2.24, 2.45) is 0 Å². The van der Waals surface area contributed by atoms with Gasteiger partial charge in [0.25, 0.3) is 5.91 Å². The number of halogens is 2. The molecule has 0 spiro atoms. The van der Waals surface area contributed by atoms with Gasteiger partial charge in [0.2, 0.25) is 0 Å². The highest BCUT2D eigenvalue weighted by molar-refractivity contribution is 6.32. The van der Waals surface area contributed by atoms with Crippen LogP contribution in [-0.4, -0.2) is 25.1 Å². The van der Waals surface area contributed by atoms with Crippen molar-refractivity contribution in [1.82, 2.24) is 0 Å². The number of ether oxygens (including phenoxy) is 2. The Balaban J connectivity index is 1.83. The van der Waals surface area contributed by atoms with E-state index in [4.69, 9.17) is 21.1 Å². The minimum absolute atomic E-state index is 0.0949. The summed E-state index contributed by atoms with van der Waals surface area (Å²) in [4.78, 5) is 24.0. The zero-order valence-corrected chi connectivity index (χ0v) is 15.2. The standard InChI is InChI=1S/C19H19ClFNO4/c1-12(19(24)22-15-8-9-17(25-2)16(20)11-15)26-18(23)10-5-13-3-6-14(21)7-4-13/h3-4,6-9,11-12H,5,10H2,1-2H3,(H,22,24)/t12-/m1/s1. The van der Waals surface area contributed by atoms with Crippen LogP contribution >= 0.6 is 11.6 Å². The van der Waals surface area contributed by atoms with E-state index in [1.54, 1.807) is 30.3 Å². The zero-order chi connectivity index (χ0) is 19.1. The Kier molecular flexibility index (Phi) is 6.97. The van der Waals surface area contributed by atoms with Gasteiger partial charge in [-0.2, -0.15) is 0 Å². The van der Waals surface area contributed by atoms with Gasteiger partial charge in [0, 0.05) is 12.1 Å². The lowest BCUT2D eigenvalue weighted by molar-refractivity contribution is -0.153. The second kappa shape index (κ2) is 9.20. The molecule has 0 fully saturated rings. The van der Waals surface area contributed by atoms with E-state index < -0.39 is 18.0 Å². The zero-order valence-electron chi connectivity index (χ0n) is 14.4. The number of hydrogen-bond donors (Lipinski definition) is 1. The van der Waals surface area contributed by atoms with Gasteiger partial charge in [-0.05, 0) is 49.2 Å². The first-order chi connectivity index (χ1) is 12.4. The summed E-state index contributed by atoms with van der Waals surface area (Å²) in [5.41, 5.74) is 1.28. The molecular formula is C19H19ClFNO4. The Hall–Kier alpha value is -2.60. The Morgan fingerprint density at radius 2 is 1.88 bits per heavy atom. The lowest BCUT2D eigenvalue weighted by Gasteiger charge is -2.14. The van der Waals surface area contributed by atoms with Crippen molar-refractivity contribution in [3.63, 3.8) is 0 Å². The molecule has 1 atom stereocenters. The quantitative estimate of drug-likeness (QED) is 0.739. The van der Waals surface area contributed by atoms with E-state index in [1.165, 1.54) is 26.2 Å². The predicted molar refractivity (Wildman–Crippen MR) is 96.9 cm³/mol. The maximum absolute atomic E-state index is 12.8. The predicted octanol–water partition coefficient (Wildman–Crippen LogP) is 3.99. The number of esters is 1. The summed E-state index contributed by atoms with van der Waals surface area (Å²) in [5, 5.41) is 2.98. The van der Waals surface area contributed by atoms with Gasteiger partial charge in [0.05, 0.1) is 12.1 Å². The van der Waals surface area contributed by atoms with Crippen LogP contribution in [-0.2, 0) is 20.7 Å². The third-order valence-corrected chi connectivity index (χ3v) is 3.92. The van der Waals surface area contributed by atoms with Crippen molar-refractivity contribution in [2.75, 3.05) is 12.4 Å². The summed E-state index contributed by atoms with van der Waals surface area (Å²) in [6.45, 7) is 1.48. The Morgan fingerprint density at radius 1 is 1.19 bits per heavy atom. The SMILES string of the molecule is COc1ccc(NC(=O)[C@@H](C)OC(=O)CCc2ccc(F)cc2)cc1Cl. The van der Waals surface area contributed by atoms with Crippen molar-refractivity contribution in [2.45, 2.75) is 25.9 Å². The van der Waals surface area contributed by atoms with E-state index >= 15 is 0 Å². The molecule has 0 saturated heterocycles. The number of anilines is 1. The molecule has 2 aromatic carbocycles. The highest BCUT2D eigenvalue weighted by Gasteiger charge is 2.18. The van der Waals surface area contributed by atoms with E-state index in [0.29, 0.717) is 22.9 Å². The number of carbonyl (C=O) groups excluding carboxylic acids is 2. The van der Waals surface area contributed by atoms with Crippen LogP contribution in [0.1, 0.15) is 18.9 Å². The van der Waals surface area contributed by atoms with Gasteiger partial charge in [-0.3, -0.25) is 9.59 Å². The number of methoxy groups -OCH3 is 1. The Morgan fingerprint density at radius 3 is 2.50 bits per heavy atom. The first-order valence-electron chi connectivity index (χ1n) is 7.97. The summed E-state index contributed by atoms with van der Waals surface area (Å²) in [5.74, 6) is -0.823.